The van der Waals surface area contributed by atoms with Gasteiger partial charge in [-0.15, -0.1) is 0 Å². The van der Waals surface area contributed by atoms with Gasteiger partial charge in [-0.25, -0.2) is 0 Å². The highest BCUT2D eigenvalue weighted by Gasteiger charge is 2.16. The molecule has 25 heavy (non-hydrogen) atoms. The van der Waals surface area contributed by atoms with E-state index in [2.05, 4.69) is 21.6 Å². The highest BCUT2D eigenvalue weighted by Crippen LogP contribution is 2.31. The summed E-state index contributed by atoms with van der Waals surface area (Å²) in [6.07, 6.45) is 3.80. The van der Waals surface area contributed by atoms with Crippen molar-refractivity contribution in [2.75, 3.05) is 62.7 Å². The molecule has 1 aromatic rings. The Morgan fingerprint density at radius 2 is 1.96 bits per heavy atom. The van der Waals surface area contributed by atoms with Crippen LogP contribution in [0.4, 0.5) is 11.4 Å². The molecule has 2 heterocycles. The lowest BCUT2D eigenvalue weighted by Gasteiger charge is -2.31. The Labute approximate surface area is 160 Å². The van der Waals surface area contributed by atoms with Crippen LogP contribution in [-0.4, -0.2) is 57.6 Å². The van der Waals surface area contributed by atoms with Gasteiger partial charge >= 0.3 is 0 Å². The molecule has 0 spiro atoms. The molecule has 7 heteroatoms. The smallest absolute Gasteiger partial charge is 0.171 e. The molecule has 0 saturated carbocycles. The average molecular weight is 384 g/mol. The zero-order chi connectivity index (χ0) is 17.5. The highest BCUT2D eigenvalue weighted by molar-refractivity contribution is 7.80. The molecule has 2 aliphatic heterocycles. The summed E-state index contributed by atoms with van der Waals surface area (Å²) in [5, 5.41) is 8.06. The van der Waals surface area contributed by atoms with Crippen LogP contribution in [0.3, 0.4) is 0 Å². The minimum Gasteiger partial charge on any atom is -0.370 e. The number of rotatable bonds is 5. The maximum atomic E-state index is 6.21. The third-order valence-corrected chi connectivity index (χ3v) is 5.35. The topological polar surface area (TPSA) is 41.0 Å². The SMILES string of the molecule is S=C(NCC[NH+]1CCOCC1)Nc1cc(Cl)ccc1N1CCCCC1. The van der Waals surface area contributed by atoms with Gasteiger partial charge in [0.2, 0.25) is 0 Å². The van der Waals surface area contributed by atoms with Gasteiger partial charge in [-0.3, -0.25) is 0 Å². The number of morpholine rings is 1. The lowest BCUT2D eigenvalue weighted by molar-refractivity contribution is -0.906. The van der Waals surface area contributed by atoms with E-state index in [4.69, 9.17) is 28.6 Å². The normalized spacial score (nSPS) is 18.8. The maximum Gasteiger partial charge on any atom is 0.171 e. The summed E-state index contributed by atoms with van der Waals surface area (Å²) in [4.78, 5) is 3.99. The third-order valence-electron chi connectivity index (χ3n) is 4.87. The Balaban J connectivity index is 1.53. The van der Waals surface area contributed by atoms with Gasteiger partial charge in [0, 0.05) is 18.1 Å². The van der Waals surface area contributed by atoms with Gasteiger partial charge in [-0.1, -0.05) is 11.6 Å². The molecule has 0 bridgehead atoms. The first-order valence-corrected chi connectivity index (χ1v) is 10.0. The number of hydrogen-bond donors (Lipinski definition) is 3. The van der Waals surface area contributed by atoms with Crippen molar-refractivity contribution < 1.29 is 9.64 Å². The van der Waals surface area contributed by atoms with E-state index in [9.17, 15) is 0 Å². The maximum absolute atomic E-state index is 6.21. The van der Waals surface area contributed by atoms with Crippen LogP contribution in [0.1, 0.15) is 19.3 Å². The van der Waals surface area contributed by atoms with Crippen molar-refractivity contribution in [3.63, 3.8) is 0 Å². The molecule has 0 amide bonds. The Bertz CT molecular complexity index is 574. The van der Waals surface area contributed by atoms with E-state index in [-0.39, 0.29) is 0 Å². The van der Waals surface area contributed by atoms with Crippen molar-refractivity contribution >= 4 is 40.3 Å². The number of anilines is 2. The molecular weight excluding hydrogens is 356 g/mol. The van der Waals surface area contributed by atoms with Crippen molar-refractivity contribution in [3.8, 4) is 0 Å². The van der Waals surface area contributed by atoms with Crippen molar-refractivity contribution in [1.82, 2.24) is 5.32 Å². The minimum absolute atomic E-state index is 0.660. The second-order valence-corrected chi connectivity index (χ2v) is 7.55. The van der Waals surface area contributed by atoms with Crippen LogP contribution in [0.2, 0.25) is 5.02 Å². The van der Waals surface area contributed by atoms with Crippen LogP contribution in [0.5, 0.6) is 0 Å². The number of benzene rings is 1. The van der Waals surface area contributed by atoms with Crippen LogP contribution in [0.25, 0.3) is 0 Å². The summed E-state index contributed by atoms with van der Waals surface area (Å²) in [7, 11) is 0. The Morgan fingerprint density at radius 1 is 1.20 bits per heavy atom. The van der Waals surface area contributed by atoms with E-state index >= 15 is 0 Å². The molecule has 3 N–H and O–H groups in total. The third kappa shape index (κ3) is 5.71. The van der Waals surface area contributed by atoms with Crippen molar-refractivity contribution in [1.29, 1.82) is 0 Å². The molecule has 0 radical (unpaired) electrons. The van der Waals surface area contributed by atoms with Gasteiger partial charge in [0.1, 0.15) is 13.1 Å². The summed E-state index contributed by atoms with van der Waals surface area (Å²) in [6.45, 7) is 7.98. The van der Waals surface area contributed by atoms with E-state index in [0.717, 1.165) is 63.2 Å². The summed E-state index contributed by atoms with van der Waals surface area (Å²) in [5.41, 5.74) is 2.18. The summed E-state index contributed by atoms with van der Waals surface area (Å²) in [5.74, 6) is 0. The quantitative estimate of drug-likeness (QED) is 0.673. The molecule has 2 fully saturated rings. The van der Waals surface area contributed by atoms with Gasteiger partial charge in [0.25, 0.3) is 0 Å². The molecule has 0 aromatic heterocycles. The minimum atomic E-state index is 0.660. The Hall–Kier alpha value is -1.08. The molecule has 0 aliphatic carbocycles. The zero-order valence-electron chi connectivity index (χ0n) is 14.7. The van der Waals surface area contributed by atoms with Gasteiger partial charge in [0.05, 0.1) is 37.7 Å². The first kappa shape index (κ1) is 18.7. The van der Waals surface area contributed by atoms with E-state index in [0.29, 0.717) is 5.11 Å². The van der Waals surface area contributed by atoms with E-state index in [1.807, 2.05) is 12.1 Å². The van der Waals surface area contributed by atoms with Crippen LogP contribution in [0, 0.1) is 0 Å². The summed E-state index contributed by atoms with van der Waals surface area (Å²) >= 11 is 11.7. The number of piperidine rings is 1. The molecule has 5 nitrogen and oxygen atoms in total. The van der Waals surface area contributed by atoms with Gasteiger partial charge < -0.3 is 25.2 Å². The fraction of sp³-hybridized carbons (Fsp3) is 0.611. The fourth-order valence-corrected chi connectivity index (χ4v) is 3.83. The number of hydrogen-bond acceptors (Lipinski definition) is 3. The molecular formula is C18H28ClN4OS+. The van der Waals surface area contributed by atoms with Crippen molar-refractivity contribution in [2.45, 2.75) is 19.3 Å². The van der Waals surface area contributed by atoms with Gasteiger partial charge in [0.15, 0.2) is 5.11 Å². The second kappa shape index (κ2) is 9.57. The highest BCUT2D eigenvalue weighted by atomic mass is 35.5. The van der Waals surface area contributed by atoms with Crippen molar-refractivity contribution in [3.05, 3.63) is 23.2 Å². The van der Waals surface area contributed by atoms with Crippen LogP contribution in [-0.2, 0) is 4.74 Å². The van der Waals surface area contributed by atoms with Crippen LogP contribution in [0.15, 0.2) is 18.2 Å². The number of nitrogens with one attached hydrogen (secondary N) is 3. The molecule has 138 valence electrons. The molecule has 1 aromatic carbocycles. The first-order valence-electron chi connectivity index (χ1n) is 9.23. The number of quaternary nitrogens is 1. The number of ether oxygens (including phenoxy) is 1. The fourth-order valence-electron chi connectivity index (χ4n) is 3.45. The molecule has 2 aliphatic rings. The molecule has 3 rings (SSSR count). The summed E-state index contributed by atoms with van der Waals surface area (Å²) < 4.78 is 5.39. The van der Waals surface area contributed by atoms with Crippen LogP contribution >= 0.6 is 23.8 Å². The predicted molar refractivity (Wildman–Crippen MR) is 108 cm³/mol. The van der Waals surface area contributed by atoms with E-state index < -0.39 is 0 Å². The van der Waals surface area contributed by atoms with E-state index in [1.54, 1.807) is 4.90 Å². The molecule has 2 saturated heterocycles. The van der Waals surface area contributed by atoms with Gasteiger partial charge in [-0.05, 0) is 49.7 Å². The molecule has 0 unspecified atom stereocenters. The monoisotopic (exact) mass is 383 g/mol. The predicted octanol–water partition coefficient (Wildman–Crippen LogP) is 1.53. The van der Waals surface area contributed by atoms with E-state index in [1.165, 1.54) is 24.9 Å². The largest absolute Gasteiger partial charge is 0.370 e. The second-order valence-electron chi connectivity index (χ2n) is 6.70. The lowest BCUT2D eigenvalue weighted by atomic mass is 10.1. The number of nitrogens with zero attached hydrogens (tertiary/aromatic N) is 1. The number of thiocarbonyl (C=S) groups is 1. The standard InChI is InChI=1S/C18H27ClN4OS/c19-15-4-5-17(23-7-2-1-3-8-23)16(14-15)21-18(25)20-6-9-22-10-12-24-13-11-22/h4-5,14H,1-3,6-13H2,(H2,20,21,25)/p+1. The zero-order valence-corrected chi connectivity index (χ0v) is 16.2. The number of halogens is 1. The average Bonchev–Trinajstić information content (AvgIpc) is 2.63. The Morgan fingerprint density at radius 3 is 2.72 bits per heavy atom. The lowest BCUT2D eigenvalue weighted by Crippen LogP contribution is -3.14. The van der Waals surface area contributed by atoms with Gasteiger partial charge in [-0.2, -0.15) is 0 Å². The van der Waals surface area contributed by atoms with Crippen LogP contribution < -0.4 is 20.4 Å². The first-order chi connectivity index (χ1) is 12.2. The Kier molecular flexibility index (Phi) is 7.16. The van der Waals surface area contributed by atoms with Crippen molar-refractivity contribution in [2.24, 2.45) is 0 Å². The molecule has 0 atom stereocenters. The summed E-state index contributed by atoms with van der Waals surface area (Å²) in [6, 6.07) is 6.01.